The van der Waals surface area contributed by atoms with Gasteiger partial charge in [-0.05, 0) is 54.8 Å². The maximum atomic E-state index is 13.3. The molecule has 0 radical (unpaired) electrons. The van der Waals surface area contributed by atoms with E-state index in [0.29, 0.717) is 28.4 Å². The first-order valence-electron chi connectivity index (χ1n) is 8.82. The number of hydrogen-bond donors (Lipinski definition) is 1. The molecule has 2 aromatic carbocycles. The number of halogens is 1. The quantitative estimate of drug-likeness (QED) is 0.816. The third kappa shape index (κ3) is 4.05. The molecule has 28 heavy (non-hydrogen) atoms. The van der Waals surface area contributed by atoms with Crippen molar-refractivity contribution in [3.8, 4) is 0 Å². The van der Waals surface area contributed by atoms with Gasteiger partial charge in [-0.3, -0.25) is 14.5 Å². The van der Waals surface area contributed by atoms with Crippen LogP contribution in [0.15, 0.2) is 47.4 Å². The van der Waals surface area contributed by atoms with Gasteiger partial charge in [-0.2, -0.15) is 0 Å². The van der Waals surface area contributed by atoms with Gasteiger partial charge in [0.1, 0.15) is 6.04 Å². The Morgan fingerprint density at radius 1 is 1.18 bits per heavy atom. The Hall–Kier alpha value is -2.38. The van der Waals surface area contributed by atoms with Gasteiger partial charge in [-0.25, -0.2) is 8.42 Å². The van der Waals surface area contributed by atoms with Crippen LogP contribution in [0.5, 0.6) is 0 Å². The minimum Gasteiger partial charge on any atom is -0.322 e. The molecule has 0 fully saturated rings. The maximum absolute atomic E-state index is 13.3. The van der Waals surface area contributed by atoms with Crippen molar-refractivity contribution in [1.82, 2.24) is 0 Å². The highest BCUT2D eigenvalue weighted by atomic mass is 35.5. The van der Waals surface area contributed by atoms with Gasteiger partial charge >= 0.3 is 0 Å². The minimum absolute atomic E-state index is 0.0766. The van der Waals surface area contributed by atoms with Crippen molar-refractivity contribution < 1.29 is 18.0 Å². The second kappa shape index (κ2) is 7.56. The van der Waals surface area contributed by atoms with Crippen LogP contribution in [0.2, 0.25) is 5.02 Å². The normalized spacial score (nSPS) is 16.7. The van der Waals surface area contributed by atoms with Gasteiger partial charge in [0.2, 0.25) is 5.91 Å². The number of carbonyl (C=O) groups is 2. The Morgan fingerprint density at radius 3 is 2.39 bits per heavy atom. The van der Waals surface area contributed by atoms with E-state index in [1.165, 1.54) is 17.0 Å². The number of anilines is 2. The largest absolute Gasteiger partial charge is 0.322 e. The molecule has 0 saturated heterocycles. The molecular formula is C20H21ClN2O4S. The number of carbonyl (C=O) groups excluding carboxylic acids is 2. The second-order valence-electron chi connectivity index (χ2n) is 7.27. The van der Waals surface area contributed by atoms with Crippen molar-refractivity contribution in [2.24, 2.45) is 5.92 Å². The summed E-state index contributed by atoms with van der Waals surface area (Å²) in [6, 6.07) is 10.1. The molecule has 0 unspecified atom stereocenters. The number of nitrogens with one attached hydrogen (secondary N) is 1. The fourth-order valence-corrected chi connectivity index (χ4v) is 3.97. The van der Waals surface area contributed by atoms with E-state index in [1.807, 2.05) is 13.8 Å². The molecule has 0 spiro atoms. The zero-order valence-electron chi connectivity index (χ0n) is 15.8. The van der Waals surface area contributed by atoms with Gasteiger partial charge in [0.05, 0.1) is 16.3 Å². The first-order valence-corrected chi connectivity index (χ1v) is 11.1. The highest BCUT2D eigenvalue weighted by molar-refractivity contribution is 7.90. The van der Waals surface area contributed by atoms with E-state index in [9.17, 15) is 18.0 Å². The Labute approximate surface area is 169 Å². The van der Waals surface area contributed by atoms with E-state index < -0.39 is 15.9 Å². The summed E-state index contributed by atoms with van der Waals surface area (Å²) in [5.41, 5.74) is 1.17. The van der Waals surface area contributed by atoms with Gasteiger partial charge in [0.25, 0.3) is 5.91 Å². The lowest BCUT2D eigenvalue weighted by atomic mass is 9.97. The number of hydrogen-bond acceptors (Lipinski definition) is 4. The van der Waals surface area contributed by atoms with Gasteiger partial charge in [0, 0.05) is 16.8 Å². The second-order valence-corrected chi connectivity index (χ2v) is 9.72. The Kier molecular flexibility index (Phi) is 5.50. The number of sulfone groups is 1. The molecule has 0 aromatic heterocycles. The first-order chi connectivity index (χ1) is 13.1. The molecule has 1 heterocycles. The van der Waals surface area contributed by atoms with Crippen molar-refractivity contribution >= 4 is 44.6 Å². The molecule has 1 aliphatic rings. The first kappa shape index (κ1) is 20.4. The zero-order chi connectivity index (χ0) is 20.6. The van der Waals surface area contributed by atoms with E-state index in [1.54, 1.807) is 30.3 Å². The molecule has 2 aromatic rings. The minimum atomic E-state index is -3.45. The summed E-state index contributed by atoms with van der Waals surface area (Å²) in [6.45, 7) is 3.95. The van der Waals surface area contributed by atoms with E-state index in [4.69, 9.17) is 11.6 Å². The van der Waals surface area contributed by atoms with Crippen LogP contribution in [0.3, 0.4) is 0 Å². The molecule has 1 atom stereocenters. The molecule has 148 valence electrons. The molecule has 6 nitrogen and oxygen atoms in total. The maximum Gasteiger partial charge on any atom is 0.259 e. The summed E-state index contributed by atoms with van der Waals surface area (Å²) >= 11 is 5.92. The Balaban J connectivity index is 2.13. The molecule has 1 aliphatic heterocycles. The smallest absolute Gasteiger partial charge is 0.259 e. The number of rotatable bonds is 4. The van der Waals surface area contributed by atoms with Crippen LogP contribution in [-0.2, 0) is 14.6 Å². The topological polar surface area (TPSA) is 83.6 Å². The molecule has 2 amide bonds. The monoisotopic (exact) mass is 420 g/mol. The molecule has 1 N–H and O–H groups in total. The van der Waals surface area contributed by atoms with Gasteiger partial charge < -0.3 is 5.32 Å². The van der Waals surface area contributed by atoms with Crippen LogP contribution in [0.25, 0.3) is 0 Å². The highest BCUT2D eigenvalue weighted by Crippen LogP contribution is 2.36. The zero-order valence-corrected chi connectivity index (χ0v) is 17.3. The fourth-order valence-electron chi connectivity index (χ4n) is 3.20. The lowest BCUT2D eigenvalue weighted by Crippen LogP contribution is -2.51. The number of amides is 2. The Morgan fingerprint density at radius 2 is 1.82 bits per heavy atom. The summed E-state index contributed by atoms with van der Waals surface area (Å²) in [4.78, 5) is 27.6. The molecule has 8 heteroatoms. The van der Waals surface area contributed by atoms with Crippen LogP contribution in [0.1, 0.15) is 30.6 Å². The van der Waals surface area contributed by atoms with Gasteiger partial charge in [0.15, 0.2) is 9.84 Å². The lowest BCUT2D eigenvalue weighted by molar-refractivity contribution is -0.117. The van der Waals surface area contributed by atoms with Crippen molar-refractivity contribution in [2.75, 3.05) is 16.5 Å². The number of fused-ring (bicyclic) bond motifs is 1. The summed E-state index contributed by atoms with van der Waals surface area (Å²) < 4.78 is 23.7. The fraction of sp³-hybridized carbons (Fsp3) is 0.300. The van der Waals surface area contributed by atoms with Gasteiger partial charge in [-0.1, -0.05) is 25.4 Å². The summed E-state index contributed by atoms with van der Waals surface area (Å²) in [6.07, 6.45) is 1.57. The van der Waals surface area contributed by atoms with Gasteiger partial charge in [-0.15, -0.1) is 0 Å². The van der Waals surface area contributed by atoms with E-state index in [2.05, 4.69) is 5.32 Å². The van der Waals surface area contributed by atoms with E-state index in [0.717, 1.165) is 6.26 Å². The molecule has 0 bridgehead atoms. The standard InChI is InChI=1S/C20H21ClN2O4S/c1-12(2)10-18-19(24)22-16-11-15(28(3,26)27)8-9-17(16)23(18)20(25)13-4-6-14(21)7-5-13/h4-9,11-12,18H,10H2,1-3H3,(H,22,24)/t18-/m0/s1. The summed E-state index contributed by atoms with van der Waals surface area (Å²) in [7, 11) is -3.45. The summed E-state index contributed by atoms with van der Waals surface area (Å²) in [5, 5.41) is 3.26. The van der Waals surface area contributed by atoms with Crippen molar-refractivity contribution in [1.29, 1.82) is 0 Å². The van der Waals surface area contributed by atoms with E-state index in [-0.39, 0.29) is 22.6 Å². The molecule has 0 aliphatic carbocycles. The highest BCUT2D eigenvalue weighted by Gasteiger charge is 2.38. The van der Waals surface area contributed by atoms with Crippen LogP contribution < -0.4 is 10.2 Å². The number of nitrogens with zero attached hydrogens (tertiary/aromatic N) is 1. The SMILES string of the molecule is CC(C)C[C@H]1C(=O)Nc2cc(S(C)(=O)=O)ccc2N1C(=O)c1ccc(Cl)cc1. The molecular weight excluding hydrogens is 400 g/mol. The predicted molar refractivity (Wildman–Crippen MR) is 110 cm³/mol. The van der Waals surface area contributed by atoms with Crippen molar-refractivity contribution in [3.05, 3.63) is 53.1 Å². The lowest BCUT2D eigenvalue weighted by Gasteiger charge is -2.37. The Bertz CT molecular complexity index is 1030. The third-order valence-corrected chi connectivity index (χ3v) is 5.89. The van der Waals surface area contributed by atoms with Crippen LogP contribution in [0, 0.1) is 5.92 Å². The number of benzene rings is 2. The molecule has 0 saturated carbocycles. The molecule has 3 rings (SSSR count). The van der Waals surface area contributed by atoms with Crippen molar-refractivity contribution in [2.45, 2.75) is 31.2 Å². The average molecular weight is 421 g/mol. The average Bonchev–Trinajstić information content (AvgIpc) is 2.61. The van der Waals surface area contributed by atoms with Crippen LogP contribution in [-0.4, -0.2) is 32.5 Å². The van der Waals surface area contributed by atoms with Crippen LogP contribution in [0.4, 0.5) is 11.4 Å². The predicted octanol–water partition coefficient (Wildman–Crippen LogP) is 3.76. The summed E-state index contributed by atoms with van der Waals surface area (Å²) in [5.74, 6) is -0.507. The van der Waals surface area contributed by atoms with Crippen LogP contribution >= 0.6 is 11.6 Å². The van der Waals surface area contributed by atoms with Crippen molar-refractivity contribution in [3.63, 3.8) is 0 Å². The van der Waals surface area contributed by atoms with E-state index >= 15 is 0 Å². The third-order valence-electron chi connectivity index (χ3n) is 4.53.